The normalized spacial score (nSPS) is 11.4. The smallest absolute Gasteiger partial charge is 0.432 e. The molecule has 7 heteroatoms. The number of benzene rings is 2. The number of esters is 1. The second-order valence-electron chi connectivity index (χ2n) is 5.47. The van der Waals surface area contributed by atoms with Crippen LogP contribution in [-0.4, -0.2) is 17.6 Å². The molecule has 0 saturated heterocycles. The van der Waals surface area contributed by atoms with Gasteiger partial charge in [-0.05, 0) is 29.8 Å². The minimum atomic E-state index is -4.77. The molecule has 0 unspecified atom stereocenters. The summed E-state index contributed by atoms with van der Waals surface area (Å²) in [5, 5.41) is 0.394. The zero-order valence-corrected chi connectivity index (χ0v) is 14.3. The van der Waals surface area contributed by atoms with E-state index in [1.807, 2.05) is 0 Å². The van der Waals surface area contributed by atoms with Crippen LogP contribution < -0.4 is 0 Å². The van der Waals surface area contributed by atoms with Crippen LogP contribution in [0.3, 0.4) is 0 Å². The van der Waals surface area contributed by atoms with Gasteiger partial charge >= 0.3 is 12.1 Å². The molecule has 0 bridgehead atoms. The van der Waals surface area contributed by atoms with Crippen molar-refractivity contribution in [3.8, 4) is 16.8 Å². The molecule has 134 valence electrons. The van der Waals surface area contributed by atoms with Gasteiger partial charge < -0.3 is 9.30 Å². The summed E-state index contributed by atoms with van der Waals surface area (Å²) >= 11 is 5.83. The number of carbonyl (C=O) groups is 1. The molecule has 0 aliphatic heterocycles. The maximum Gasteiger partial charge on any atom is 0.432 e. The quantitative estimate of drug-likeness (QED) is 0.554. The topological polar surface area (TPSA) is 31.2 Å². The van der Waals surface area contributed by atoms with Crippen molar-refractivity contribution in [3.63, 3.8) is 0 Å². The molecule has 0 aliphatic rings. The first kappa shape index (κ1) is 18.1. The van der Waals surface area contributed by atoms with Gasteiger partial charge in [-0.25, -0.2) is 4.79 Å². The Morgan fingerprint density at radius 2 is 1.65 bits per heavy atom. The number of rotatable bonds is 3. The first-order valence-corrected chi connectivity index (χ1v) is 7.93. The third-order valence-corrected chi connectivity index (χ3v) is 4.10. The van der Waals surface area contributed by atoms with Crippen molar-refractivity contribution in [3.05, 3.63) is 77.1 Å². The third-order valence-electron chi connectivity index (χ3n) is 3.85. The van der Waals surface area contributed by atoms with Crippen molar-refractivity contribution < 1.29 is 22.7 Å². The highest BCUT2D eigenvalue weighted by Gasteiger charge is 2.42. The number of ether oxygens (including phenoxy) is 1. The number of alkyl halides is 3. The van der Waals surface area contributed by atoms with Crippen LogP contribution in [0.5, 0.6) is 0 Å². The first-order valence-electron chi connectivity index (χ1n) is 7.55. The van der Waals surface area contributed by atoms with E-state index in [1.165, 1.54) is 30.5 Å². The summed E-state index contributed by atoms with van der Waals surface area (Å²) < 4.78 is 47.1. The molecular formula is C19H13ClF3NO2. The second-order valence-corrected chi connectivity index (χ2v) is 5.90. The van der Waals surface area contributed by atoms with Gasteiger partial charge in [-0.1, -0.05) is 41.9 Å². The summed E-state index contributed by atoms with van der Waals surface area (Å²) in [6.07, 6.45) is -3.48. The van der Waals surface area contributed by atoms with Crippen LogP contribution in [0.1, 0.15) is 16.1 Å². The Labute approximate surface area is 152 Å². The Bertz CT molecular complexity index is 932. The van der Waals surface area contributed by atoms with Gasteiger partial charge in [0.25, 0.3) is 0 Å². The molecule has 0 radical (unpaired) electrons. The standard InChI is InChI=1S/C19H13ClF3NO2/c1-26-18(25)16-15(12-5-3-2-4-6-12)11-24(17(16)19(21,22)23)14-9-7-13(20)8-10-14/h2-11H,1H3. The van der Waals surface area contributed by atoms with E-state index in [4.69, 9.17) is 11.6 Å². The monoisotopic (exact) mass is 379 g/mol. The number of methoxy groups -OCH3 is 1. The molecule has 0 spiro atoms. The van der Waals surface area contributed by atoms with Crippen molar-refractivity contribution in [2.75, 3.05) is 7.11 Å². The predicted molar refractivity (Wildman–Crippen MR) is 92.6 cm³/mol. The number of carbonyl (C=O) groups excluding carboxylic acids is 1. The molecule has 0 atom stereocenters. The Hall–Kier alpha value is -2.73. The lowest BCUT2D eigenvalue weighted by Gasteiger charge is -2.14. The van der Waals surface area contributed by atoms with E-state index >= 15 is 0 Å². The van der Waals surface area contributed by atoms with Crippen LogP contribution >= 0.6 is 11.6 Å². The van der Waals surface area contributed by atoms with Gasteiger partial charge in [0.05, 0.1) is 12.7 Å². The number of nitrogens with zero attached hydrogens (tertiary/aromatic N) is 1. The van der Waals surface area contributed by atoms with Gasteiger partial charge in [-0.15, -0.1) is 0 Å². The molecule has 3 rings (SSSR count). The minimum absolute atomic E-state index is 0.139. The summed E-state index contributed by atoms with van der Waals surface area (Å²) in [6, 6.07) is 14.2. The molecule has 0 amide bonds. The van der Waals surface area contributed by atoms with E-state index in [0.717, 1.165) is 11.7 Å². The van der Waals surface area contributed by atoms with Gasteiger partial charge in [0.2, 0.25) is 0 Å². The van der Waals surface area contributed by atoms with Crippen LogP contribution in [0, 0.1) is 0 Å². The Morgan fingerprint density at radius 1 is 1.04 bits per heavy atom. The molecule has 0 saturated carbocycles. The highest BCUT2D eigenvalue weighted by atomic mass is 35.5. The van der Waals surface area contributed by atoms with Crippen LogP contribution in [-0.2, 0) is 10.9 Å². The summed E-state index contributed by atoms with van der Waals surface area (Å²) in [6.45, 7) is 0. The maximum atomic E-state index is 13.8. The zero-order valence-electron chi connectivity index (χ0n) is 13.5. The number of aromatic nitrogens is 1. The lowest BCUT2D eigenvalue weighted by Crippen LogP contribution is -2.17. The minimum Gasteiger partial charge on any atom is -0.465 e. The van der Waals surface area contributed by atoms with Crippen LogP contribution in [0.4, 0.5) is 13.2 Å². The van der Waals surface area contributed by atoms with Crippen molar-refractivity contribution in [1.29, 1.82) is 0 Å². The molecule has 1 heterocycles. The van der Waals surface area contributed by atoms with Gasteiger partial charge in [0.1, 0.15) is 5.69 Å². The molecular weight excluding hydrogens is 367 g/mol. The average Bonchev–Trinajstić information content (AvgIpc) is 3.03. The zero-order chi connectivity index (χ0) is 18.9. The number of halogens is 4. The van der Waals surface area contributed by atoms with Gasteiger partial charge in [0.15, 0.2) is 0 Å². The summed E-state index contributed by atoms with van der Waals surface area (Å²) in [5.41, 5.74) is -0.772. The molecule has 0 N–H and O–H groups in total. The van der Waals surface area contributed by atoms with E-state index in [0.29, 0.717) is 10.6 Å². The fourth-order valence-corrected chi connectivity index (χ4v) is 2.86. The van der Waals surface area contributed by atoms with Crippen LogP contribution in [0.25, 0.3) is 16.8 Å². The fraction of sp³-hybridized carbons (Fsp3) is 0.105. The summed E-state index contributed by atoms with van der Waals surface area (Å²) in [5.74, 6) is -1.05. The first-order chi connectivity index (χ1) is 12.3. The Kier molecular flexibility index (Phi) is 4.78. The lowest BCUT2D eigenvalue weighted by atomic mass is 10.0. The van der Waals surface area contributed by atoms with E-state index in [2.05, 4.69) is 4.74 Å². The van der Waals surface area contributed by atoms with E-state index in [9.17, 15) is 18.0 Å². The average molecular weight is 380 g/mol. The molecule has 0 aliphatic carbocycles. The van der Waals surface area contributed by atoms with Crippen LogP contribution in [0.2, 0.25) is 5.02 Å². The largest absolute Gasteiger partial charge is 0.465 e. The molecule has 1 aromatic heterocycles. The summed E-state index contributed by atoms with van der Waals surface area (Å²) in [7, 11) is 1.05. The molecule has 2 aromatic carbocycles. The molecule has 26 heavy (non-hydrogen) atoms. The van der Waals surface area contributed by atoms with Crippen molar-refractivity contribution in [1.82, 2.24) is 4.57 Å². The third kappa shape index (κ3) is 3.32. The van der Waals surface area contributed by atoms with Crippen molar-refractivity contribution in [2.45, 2.75) is 6.18 Å². The van der Waals surface area contributed by atoms with E-state index in [1.54, 1.807) is 30.3 Å². The predicted octanol–water partition coefficient (Wildman–Crippen LogP) is 5.60. The van der Waals surface area contributed by atoms with Gasteiger partial charge in [-0.3, -0.25) is 0 Å². The SMILES string of the molecule is COC(=O)c1c(-c2ccccc2)cn(-c2ccc(Cl)cc2)c1C(F)(F)F. The van der Waals surface area contributed by atoms with Crippen molar-refractivity contribution >= 4 is 17.6 Å². The highest BCUT2D eigenvalue weighted by Crippen LogP contribution is 2.40. The second kappa shape index (κ2) is 6.88. The summed E-state index contributed by atoms with van der Waals surface area (Å²) in [4.78, 5) is 12.2. The Morgan fingerprint density at radius 3 is 2.19 bits per heavy atom. The molecule has 3 nitrogen and oxygen atoms in total. The molecule has 0 fully saturated rings. The fourth-order valence-electron chi connectivity index (χ4n) is 2.74. The Balaban J connectivity index is 2.36. The number of hydrogen-bond donors (Lipinski definition) is 0. The number of hydrogen-bond acceptors (Lipinski definition) is 2. The molecule has 3 aromatic rings. The van der Waals surface area contributed by atoms with Gasteiger partial charge in [0, 0.05) is 22.5 Å². The lowest BCUT2D eigenvalue weighted by molar-refractivity contribution is -0.142. The van der Waals surface area contributed by atoms with E-state index < -0.39 is 23.4 Å². The van der Waals surface area contributed by atoms with E-state index in [-0.39, 0.29) is 11.3 Å². The van der Waals surface area contributed by atoms with Gasteiger partial charge in [-0.2, -0.15) is 13.2 Å². The maximum absolute atomic E-state index is 13.8. The van der Waals surface area contributed by atoms with Crippen LogP contribution in [0.15, 0.2) is 60.8 Å². The van der Waals surface area contributed by atoms with Crippen molar-refractivity contribution in [2.24, 2.45) is 0 Å². The highest BCUT2D eigenvalue weighted by molar-refractivity contribution is 6.30.